The Balaban J connectivity index is 1.50. The molecule has 0 radical (unpaired) electrons. The van der Waals surface area contributed by atoms with E-state index in [1.165, 1.54) is 12.1 Å². The van der Waals surface area contributed by atoms with Crippen molar-refractivity contribution in [3.63, 3.8) is 0 Å². The number of hydrogen-bond donors (Lipinski definition) is 1. The van der Waals surface area contributed by atoms with E-state index in [1.807, 2.05) is 41.8 Å². The third kappa shape index (κ3) is 4.31. The fourth-order valence-corrected chi connectivity index (χ4v) is 4.36. The normalized spacial score (nSPS) is 18.0. The summed E-state index contributed by atoms with van der Waals surface area (Å²) in [7, 11) is 0. The third-order valence-electron chi connectivity index (χ3n) is 6.22. The van der Waals surface area contributed by atoms with Crippen LogP contribution in [0, 0.1) is 19.7 Å². The van der Waals surface area contributed by atoms with Crippen LogP contribution >= 0.6 is 0 Å². The number of hydrogen-bond acceptors (Lipinski definition) is 3. The minimum atomic E-state index is -1.06. The topological polar surface area (TPSA) is 71.4 Å². The van der Waals surface area contributed by atoms with E-state index in [1.54, 1.807) is 32.0 Å². The highest BCUT2D eigenvalue weighted by Crippen LogP contribution is 2.26. The number of Topliss-reactive ketones (excluding diaryl/α,β-unsaturated/α-hetero) is 1. The number of amides is 3. The first-order valence-corrected chi connectivity index (χ1v) is 10.9. The Morgan fingerprint density at radius 1 is 1.03 bits per heavy atom. The molecule has 1 aromatic heterocycles. The van der Waals surface area contributed by atoms with Gasteiger partial charge in [-0.25, -0.2) is 9.18 Å². The molecule has 1 N–H and O–H groups in total. The molecule has 0 aliphatic carbocycles. The maximum absolute atomic E-state index is 13.3. The Morgan fingerprint density at radius 3 is 2.36 bits per heavy atom. The van der Waals surface area contributed by atoms with Gasteiger partial charge in [0, 0.05) is 22.6 Å². The van der Waals surface area contributed by atoms with E-state index >= 15 is 0 Å². The molecule has 170 valence electrons. The summed E-state index contributed by atoms with van der Waals surface area (Å²) in [5.41, 5.74) is 2.64. The quantitative estimate of drug-likeness (QED) is 0.432. The summed E-state index contributed by atoms with van der Waals surface area (Å²) in [4.78, 5) is 39.8. The van der Waals surface area contributed by atoms with Crippen LogP contribution in [0.1, 0.15) is 40.7 Å². The van der Waals surface area contributed by atoms with Crippen molar-refractivity contribution in [2.45, 2.75) is 39.2 Å². The second kappa shape index (κ2) is 8.65. The van der Waals surface area contributed by atoms with E-state index in [0.717, 1.165) is 21.8 Å². The molecule has 0 bridgehead atoms. The number of aryl methyl sites for hydroxylation is 2. The third-order valence-corrected chi connectivity index (χ3v) is 6.22. The molecule has 1 unspecified atom stereocenters. The lowest BCUT2D eigenvalue weighted by molar-refractivity contribution is -0.130. The van der Waals surface area contributed by atoms with E-state index in [0.29, 0.717) is 24.1 Å². The monoisotopic (exact) mass is 447 g/mol. The van der Waals surface area contributed by atoms with Gasteiger partial charge in [-0.1, -0.05) is 30.3 Å². The Bertz CT molecular complexity index is 1220. The highest BCUT2D eigenvalue weighted by Gasteiger charge is 2.48. The molecule has 2 heterocycles. The van der Waals surface area contributed by atoms with Gasteiger partial charge in [-0.3, -0.25) is 14.5 Å². The number of urea groups is 1. The number of imide groups is 1. The van der Waals surface area contributed by atoms with Crippen molar-refractivity contribution in [1.29, 1.82) is 0 Å². The van der Waals surface area contributed by atoms with Gasteiger partial charge in [0.1, 0.15) is 11.4 Å². The van der Waals surface area contributed by atoms with Gasteiger partial charge in [-0.2, -0.15) is 0 Å². The van der Waals surface area contributed by atoms with E-state index in [4.69, 9.17) is 0 Å². The Labute approximate surface area is 192 Å². The van der Waals surface area contributed by atoms with Gasteiger partial charge in [0.15, 0.2) is 5.78 Å². The van der Waals surface area contributed by atoms with Gasteiger partial charge < -0.3 is 9.88 Å². The smallest absolute Gasteiger partial charge is 0.323 e. The number of benzene rings is 2. The van der Waals surface area contributed by atoms with Crippen LogP contribution in [0.25, 0.3) is 5.69 Å². The molecule has 6 nitrogen and oxygen atoms in total. The summed E-state index contributed by atoms with van der Waals surface area (Å²) in [6.07, 6.45) is 1.06. The molecule has 0 saturated carbocycles. The van der Waals surface area contributed by atoms with Crippen LogP contribution in [0.3, 0.4) is 0 Å². The van der Waals surface area contributed by atoms with Crippen molar-refractivity contribution in [3.05, 3.63) is 89.0 Å². The van der Waals surface area contributed by atoms with Crippen molar-refractivity contribution in [2.75, 3.05) is 6.54 Å². The van der Waals surface area contributed by atoms with E-state index in [-0.39, 0.29) is 18.1 Å². The standard InChI is InChI=1S/C26H26FN3O3/c1-17-15-22(18(2)30(17)21-11-9-20(27)10-12-21)23(31)16-29-24(32)26(3,28-25(29)33)14-13-19-7-5-4-6-8-19/h4-12,15H,13-14,16H2,1-3H3,(H,28,33). The first kappa shape index (κ1) is 22.5. The van der Waals surface area contributed by atoms with Gasteiger partial charge in [-0.15, -0.1) is 0 Å². The molecule has 1 fully saturated rings. The molecule has 33 heavy (non-hydrogen) atoms. The Kier molecular flexibility index (Phi) is 5.89. The number of carbonyl (C=O) groups excluding carboxylic acids is 3. The minimum absolute atomic E-state index is 0.327. The molecule has 0 spiro atoms. The Morgan fingerprint density at radius 2 is 1.70 bits per heavy atom. The molecule has 4 rings (SSSR count). The summed E-state index contributed by atoms with van der Waals surface area (Å²) in [5, 5.41) is 2.76. The van der Waals surface area contributed by atoms with Crippen molar-refractivity contribution < 1.29 is 18.8 Å². The predicted molar refractivity (Wildman–Crippen MR) is 123 cm³/mol. The molecular formula is C26H26FN3O3. The van der Waals surface area contributed by atoms with Crippen LogP contribution in [0.5, 0.6) is 0 Å². The van der Waals surface area contributed by atoms with Crippen LogP contribution in [0.15, 0.2) is 60.7 Å². The average molecular weight is 448 g/mol. The number of ketones is 1. The van der Waals surface area contributed by atoms with Crippen molar-refractivity contribution in [2.24, 2.45) is 0 Å². The molecule has 1 saturated heterocycles. The van der Waals surface area contributed by atoms with Crippen LogP contribution < -0.4 is 5.32 Å². The zero-order chi connectivity index (χ0) is 23.8. The van der Waals surface area contributed by atoms with E-state index < -0.39 is 17.5 Å². The maximum Gasteiger partial charge on any atom is 0.325 e. The van der Waals surface area contributed by atoms with Gasteiger partial charge in [0.05, 0.1) is 6.54 Å². The van der Waals surface area contributed by atoms with Gasteiger partial charge in [0.2, 0.25) is 0 Å². The molecule has 7 heteroatoms. The number of aromatic nitrogens is 1. The van der Waals surface area contributed by atoms with E-state index in [9.17, 15) is 18.8 Å². The minimum Gasteiger partial charge on any atom is -0.323 e. The predicted octanol–water partition coefficient (Wildman–Crippen LogP) is 4.36. The largest absolute Gasteiger partial charge is 0.325 e. The van der Waals surface area contributed by atoms with Crippen molar-refractivity contribution in [3.8, 4) is 5.69 Å². The van der Waals surface area contributed by atoms with Gasteiger partial charge in [0.25, 0.3) is 5.91 Å². The second-order valence-corrected chi connectivity index (χ2v) is 8.66. The lowest BCUT2D eigenvalue weighted by Gasteiger charge is -2.21. The van der Waals surface area contributed by atoms with Gasteiger partial charge >= 0.3 is 6.03 Å². The second-order valence-electron chi connectivity index (χ2n) is 8.66. The van der Waals surface area contributed by atoms with Crippen molar-refractivity contribution in [1.82, 2.24) is 14.8 Å². The average Bonchev–Trinajstić information content (AvgIpc) is 3.21. The van der Waals surface area contributed by atoms with Crippen LogP contribution in [-0.2, 0) is 11.2 Å². The summed E-state index contributed by atoms with van der Waals surface area (Å²) in [6.45, 7) is 5.00. The fraction of sp³-hybridized carbons (Fsp3) is 0.269. The lowest BCUT2D eigenvalue weighted by atomic mass is 9.93. The zero-order valence-corrected chi connectivity index (χ0v) is 18.9. The van der Waals surface area contributed by atoms with Crippen LogP contribution in [0.2, 0.25) is 0 Å². The SMILES string of the molecule is Cc1cc(C(=O)CN2C(=O)NC(C)(CCc3ccccc3)C2=O)c(C)n1-c1ccc(F)cc1. The summed E-state index contributed by atoms with van der Waals surface area (Å²) in [5.74, 6) is -1.07. The molecule has 3 amide bonds. The number of rotatable bonds is 7. The number of nitrogens with zero attached hydrogens (tertiary/aromatic N) is 2. The van der Waals surface area contributed by atoms with Crippen LogP contribution in [0.4, 0.5) is 9.18 Å². The van der Waals surface area contributed by atoms with Gasteiger partial charge in [-0.05, 0) is 69.5 Å². The number of halogens is 1. The summed E-state index contributed by atoms with van der Waals surface area (Å²) in [6, 6.07) is 16.9. The highest BCUT2D eigenvalue weighted by molar-refractivity contribution is 6.11. The van der Waals surface area contributed by atoms with Crippen molar-refractivity contribution >= 4 is 17.7 Å². The fourth-order valence-electron chi connectivity index (χ4n) is 4.36. The molecule has 1 atom stereocenters. The lowest BCUT2D eigenvalue weighted by Crippen LogP contribution is -2.44. The summed E-state index contributed by atoms with van der Waals surface area (Å²) >= 11 is 0. The first-order chi connectivity index (χ1) is 15.7. The molecule has 1 aliphatic rings. The maximum atomic E-state index is 13.3. The zero-order valence-electron chi connectivity index (χ0n) is 18.9. The molecule has 2 aromatic carbocycles. The number of carbonyl (C=O) groups is 3. The molecule has 1 aliphatic heterocycles. The molecular weight excluding hydrogens is 421 g/mol. The molecule has 3 aromatic rings. The Hall–Kier alpha value is -3.74. The van der Waals surface area contributed by atoms with E-state index in [2.05, 4.69) is 5.32 Å². The summed E-state index contributed by atoms with van der Waals surface area (Å²) < 4.78 is 15.2. The van der Waals surface area contributed by atoms with Crippen LogP contribution in [-0.4, -0.2) is 39.3 Å². The highest BCUT2D eigenvalue weighted by atomic mass is 19.1. The number of nitrogens with one attached hydrogen (secondary N) is 1. The first-order valence-electron chi connectivity index (χ1n) is 10.9.